The van der Waals surface area contributed by atoms with E-state index in [0.29, 0.717) is 0 Å². The fraction of sp³-hybridized carbons (Fsp3) is 0.333. The maximum Gasteiger partial charge on any atom is 1.00 e. The Morgan fingerprint density at radius 2 is 0.632 bits per heavy atom. The van der Waals surface area contributed by atoms with Crippen LogP contribution in [0, 0.1) is 12.3 Å². The standard InChI is InChI=1S/C3H4.3BF4.K.H/c1-3-2;3*2-1(3,4)5;;/h1H,2H3;;;;;/q;3*-1;+1;-1. The topological polar surface area (TPSA) is 0 Å². The molecule has 0 spiro atoms. The molecular weight excluding hydrogens is 336 g/mol. The van der Waals surface area contributed by atoms with Crippen molar-refractivity contribution >= 4 is 21.8 Å². The molecule has 114 valence electrons. The summed E-state index contributed by atoms with van der Waals surface area (Å²) in [4.78, 5) is 0. The van der Waals surface area contributed by atoms with Gasteiger partial charge < -0.3 is 53.2 Å². The molecule has 0 aromatic heterocycles. The number of rotatable bonds is 0. The van der Waals surface area contributed by atoms with Crippen LogP contribution in [-0.4, -0.2) is 21.8 Å². The number of terminal acetylenes is 1. The fourth-order valence-corrected chi connectivity index (χ4v) is 0. The van der Waals surface area contributed by atoms with Gasteiger partial charge in [-0.3, -0.25) is 0 Å². The van der Waals surface area contributed by atoms with Gasteiger partial charge in [0, 0.05) is 0 Å². The molecule has 0 aromatic rings. The van der Waals surface area contributed by atoms with Gasteiger partial charge in [-0.15, -0.1) is 12.3 Å². The van der Waals surface area contributed by atoms with Crippen molar-refractivity contribution in [3.05, 3.63) is 0 Å². The smallest absolute Gasteiger partial charge is 1.00 e. The molecule has 16 heteroatoms. The maximum atomic E-state index is 9.75. The van der Waals surface area contributed by atoms with E-state index >= 15 is 0 Å². The number of hydrogen-bond acceptors (Lipinski definition) is 0. The SMILES string of the molecule is C#CC.F[B-](F)(F)F.F[B-](F)(F)F.F[B-](F)(F)F.[H-].[K+]. The number of halogens is 12. The van der Waals surface area contributed by atoms with Crippen LogP contribution in [0.1, 0.15) is 8.35 Å². The predicted octanol–water partition coefficient (Wildman–Crippen LogP) is 1.66. The van der Waals surface area contributed by atoms with Crippen LogP contribution in [0.4, 0.5) is 51.8 Å². The molecule has 0 nitrogen and oxygen atoms in total. The Morgan fingerprint density at radius 1 is 0.632 bits per heavy atom. The van der Waals surface area contributed by atoms with Crippen molar-refractivity contribution in [2.24, 2.45) is 0 Å². The van der Waals surface area contributed by atoms with Gasteiger partial charge in [-0.25, -0.2) is 0 Å². The van der Waals surface area contributed by atoms with Gasteiger partial charge in [-0.2, -0.15) is 0 Å². The van der Waals surface area contributed by atoms with E-state index in [1.165, 1.54) is 0 Å². The average molecular weight is 341 g/mol. The quantitative estimate of drug-likeness (QED) is 0.357. The summed E-state index contributed by atoms with van der Waals surface area (Å²) >= 11 is 0. The third kappa shape index (κ3) is 16700. The van der Waals surface area contributed by atoms with Gasteiger partial charge in [0.05, 0.1) is 0 Å². The third-order valence-corrected chi connectivity index (χ3v) is 0. The Bertz CT molecular complexity index is 169. The van der Waals surface area contributed by atoms with Gasteiger partial charge >= 0.3 is 73.1 Å². The molecule has 0 N–H and O–H groups in total. The van der Waals surface area contributed by atoms with E-state index in [1.807, 2.05) is 0 Å². The van der Waals surface area contributed by atoms with Gasteiger partial charge in [0.15, 0.2) is 0 Å². The Hall–Kier alpha value is 0.551. The summed E-state index contributed by atoms with van der Waals surface area (Å²) in [5.74, 6) is 2.25. The first kappa shape index (κ1) is 31.8. The summed E-state index contributed by atoms with van der Waals surface area (Å²) in [5, 5.41) is 0. The van der Waals surface area contributed by atoms with Gasteiger partial charge in [-0.05, 0) is 6.92 Å². The summed E-state index contributed by atoms with van der Waals surface area (Å²) in [6, 6.07) is 0. The molecule has 0 aliphatic rings. The molecule has 0 bridgehead atoms. The second kappa shape index (κ2) is 14.9. The van der Waals surface area contributed by atoms with Gasteiger partial charge in [0.2, 0.25) is 0 Å². The molecule has 0 atom stereocenters. The first-order chi connectivity index (χ1) is 7.41. The van der Waals surface area contributed by atoms with Crippen molar-refractivity contribution < 1.29 is 105 Å². The van der Waals surface area contributed by atoms with Crippen molar-refractivity contribution in [1.82, 2.24) is 0 Å². The molecule has 0 saturated heterocycles. The second-order valence-corrected chi connectivity index (χ2v) is 1.77. The fourth-order valence-electron chi connectivity index (χ4n) is 0. The monoisotopic (exact) mass is 341 g/mol. The summed E-state index contributed by atoms with van der Waals surface area (Å²) in [6.07, 6.45) is 4.60. The average Bonchev–Trinajstić information content (AvgIpc) is 1.71. The van der Waals surface area contributed by atoms with E-state index in [0.717, 1.165) is 0 Å². The molecule has 19 heavy (non-hydrogen) atoms. The van der Waals surface area contributed by atoms with E-state index in [-0.39, 0.29) is 52.8 Å². The van der Waals surface area contributed by atoms with E-state index < -0.39 is 21.8 Å². The van der Waals surface area contributed by atoms with Crippen LogP contribution in [0.3, 0.4) is 0 Å². The minimum absolute atomic E-state index is 0. The Kier molecular flexibility index (Phi) is 25.0. The summed E-state index contributed by atoms with van der Waals surface area (Å²) in [7, 11) is -18.0. The van der Waals surface area contributed by atoms with Crippen molar-refractivity contribution in [2.75, 3.05) is 0 Å². The second-order valence-electron chi connectivity index (χ2n) is 1.77. The van der Waals surface area contributed by atoms with Crippen LogP contribution in [0.5, 0.6) is 0 Å². The molecule has 0 aromatic carbocycles. The minimum Gasteiger partial charge on any atom is -1.00 e. The normalized spacial score (nSPS) is 9.89. The molecule has 0 amide bonds. The first-order valence-electron chi connectivity index (χ1n) is 3.41. The summed E-state index contributed by atoms with van der Waals surface area (Å²) in [5.41, 5.74) is 0. The zero-order valence-corrected chi connectivity index (χ0v) is 12.5. The molecule has 0 aliphatic carbocycles. The van der Waals surface area contributed by atoms with Crippen LogP contribution in [0.2, 0.25) is 0 Å². The van der Waals surface area contributed by atoms with Crippen LogP contribution in [0.15, 0.2) is 0 Å². The zero-order chi connectivity index (χ0) is 16.2. The van der Waals surface area contributed by atoms with E-state index in [4.69, 9.17) is 0 Å². The van der Waals surface area contributed by atoms with Crippen LogP contribution >= 0.6 is 0 Å². The van der Waals surface area contributed by atoms with E-state index in [2.05, 4.69) is 12.3 Å². The van der Waals surface area contributed by atoms with Crippen LogP contribution in [0.25, 0.3) is 0 Å². The van der Waals surface area contributed by atoms with Crippen LogP contribution < -0.4 is 51.4 Å². The predicted molar refractivity (Wildman–Crippen MR) is 46.2 cm³/mol. The molecule has 0 unspecified atom stereocenters. The van der Waals surface area contributed by atoms with Crippen LogP contribution in [-0.2, 0) is 0 Å². The summed E-state index contributed by atoms with van der Waals surface area (Å²) in [6.45, 7) is 1.65. The molecular formula is C3H5B3F12K-3. The molecule has 0 fully saturated rings. The van der Waals surface area contributed by atoms with E-state index in [1.54, 1.807) is 6.92 Å². The molecule has 0 radical (unpaired) electrons. The zero-order valence-electron chi connectivity index (χ0n) is 10.3. The van der Waals surface area contributed by atoms with Crippen molar-refractivity contribution in [3.8, 4) is 12.3 Å². The Labute approximate surface area is 144 Å². The van der Waals surface area contributed by atoms with Gasteiger partial charge in [-0.1, -0.05) is 0 Å². The molecule has 0 heterocycles. The number of hydrogen-bond donors (Lipinski definition) is 0. The first-order valence-corrected chi connectivity index (χ1v) is 3.41. The molecule has 0 saturated carbocycles. The van der Waals surface area contributed by atoms with Crippen molar-refractivity contribution in [1.29, 1.82) is 0 Å². The minimum atomic E-state index is -6.00. The third-order valence-electron chi connectivity index (χ3n) is 0. The van der Waals surface area contributed by atoms with Crippen molar-refractivity contribution in [3.63, 3.8) is 0 Å². The summed E-state index contributed by atoms with van der Waals surface area (Å²) < 4.78 is 117. The molecule has 0 rings (SSSR count). The van der Waals surface area contributed by atoms with Gasteiger partial charge in [0.1, 0.15) is 0 Å². The van der Waals surface area contributed by atoms with Gasteiger partial charge in [0.25, 0.3) is 0 Å². The molecule has 0 aliphatic heterocycles. The Morgan fingerprint density at radius 3 is 0.632 bits per heavy atom. The van der Waals surface area contributed by atoms with E-state index in [9.17, 15) is 51.8 Å². The Balaban J connectivity index is -0.0000000321. The largest absolute Gasteiger partial charge is 1.00 e. The van der Waals surface area contributed by atoms with Crippen molar-refractivity contribution in [2.45, 2.75) is 6.92 Å². The maximum absolute atomic E-state index is 9.75.